The number of fused-ring (bicyclic) bond motifs is 1. The van der Waals surface area contributed by atoms with Crippen LogP contribution in [0, 0.1) is 0 Å². The van der Waals surface area contributed by atoms with Gasteiger partial charge in [0.1, 0.15) is 4.90 Å². The van der Waals surface area contributed by atoms with E-state index in [2.05, 4.69) is 0 Å². The van der Waals surface area contributed by atoms with Gasteiger partial charge in [0, 0.05) is 0 Å². The monoisotopic (exact) mass is 304 g/mol. The standard InChI is InChI=1S/C16H16O4S/c1-19-15-7-2-3-8-16(15)20-21(17,18)14-10-9-12-5-4-6-13(12)11-14/h2-3,7-11H,4-6H2,1H3. The molecule has 0 aliphatic heterocycles. The van der Waals surface area contributed by atoms with Gasteiger partial charge < -0.3 is 8.92 Å². The lowest BCUT2D eigenvalue weighted by molar-refractivity contribution is 0.390. The predicted octanol–water partition coefficient (Wildman–Crippen LogP) is 2.95. The van der Waals surface area contributed by atoms with E-state index >= 15 is 0 Å². The lowest BCUT2D eigenvalue weighted by Crippen LogP contribution is -2.10. The molecule has 0 unspecified atom stereocenters. The first kappa shape index (κ1) is 13.9. The minimum absolute atomic E-state index is 0.189. The maximum absolute atomic E-state index is 12.4. The molecule has 3 rings (SSSR count). The fourth-order valence-corrected chi connectivity index (χ4v) is 3.55. The molecule has 0 bridgehead atoms. The number of methoxy groups -OCH3 is 1. The maximum atomic E-state index is 12.4. The Bertz CT molecular complexity index is 766. The average molecular weight is 304 g/mol. The van der Waals surface area contributed by atoms with Crippen molar-refractivity contribution in [2.75, 3.05) is 7.11 Å². The fourth-order valence-electron chi connectivity index (χ4n) is 2.56. The van der Waals surface area contributed by atoms with Gasteiger partial charge in [0.2, 0.25) is 0 Å². The molecule has 0 atom stereocenters. The first-order valence-electron chi connectivity index (χ1n) is 6.79. The predicted molar refractivity (Wildman–Crippen MR) is 79.3 cm³/mol. The zero-order valence-electron chi connectivity index (χ0n) is 11.7. The van der Waals surface area contributed by atoms with Gasteiger partial charge in [-0.15, -0.1) is 0 Å². The highest BCUT2D eigenvalue weighted by atomic mass is 32.2. The third kappa shape index (κ3) is 2.74. The van der Waals surface area contributed by atoms with Gasteiger partial charge in [-0.25, -0.2) is 0 Å². The smallest absolute Gasteiger partial charge is 0.339 e. The molecule has 0 N–H and O–H groups in total. The van der Waals surface area contributed by atoms with E-state index < -0.39 is 10.1 Å². The summed E-state index contributed by atoms with van der Waals surface area (Å²) in [6, 6.07) is 11.9. The number of hydrogen-bond donors (Lipinski definition) is 0. The number of hydrogen-bond acceptors (Lipinski definition) is 4. The molecule has 0 saturated carbocycles. The second-order valence-corrected chi connectivity index (χ2v) is 6.52. The molecule has 110 valence electrons. The normalized spacial score (nSPS) is 13.8. The molecule has 0 fully saturated rings. The van der Waals surface area contributed by atoms with Crippen molar-refractivity contribution < 1.29 is 17.3 Å². The number of aryl methyl sites for hydroxylation is 2. The zero-order chi connectivity index (χ0) is 14.9. The van der Waals surface area contributed by atoms with Gasteiger partial charge in [0.25, 0.3) is 0 Å². The second kappa shape index (κ2) is 5.41. The lowest BCUT2D eigenvalue weighted by Gasteiger charge is -2.11. The quantitative estimate of drug-likeness (QED) is 0.815. The molecule has 5 heteroatoms. The molecular formula is C16H16O4S. The summed E-state index contributed by atoms with van der Waals surface area (Å²) >= 11 is 0. The van der Waals surface area contributed by atoms with Gasteiger partial charge in [0.05, 0.1) is 7.11 Å². The number of rotatable bonds is 4. The van der Waals surface area contributed by atoms with Crippen LogP contribution >= 0.6 is 0 Å². The van der Waals surface area contributed by atoms with E-state index in [4.69, 9.17) is 8.92 Å². The summed E-state index contributed by atoms with van der Waals surface area (Å²) in [4.78, 5) is 0.189. The molecule has 2 aromatic carbocycles. The summed E-state index contributed by atoms with van der Waals surface area (Å²) in [5.74, 6) is 0.586. The minimum Gasteiger partial charge on any atom is -0.493 e. The van der Waals surface area contributed by atoms with Gasteiger partial charge >= 0.3 is 10.1 Å². The van der Waals surface area contributed by atoms with Crippen molar-refractivity contribution in [3.05, 3.63) is 53.6 Å². The van der Waals surface area contributed by atoms with E-state index in [1.807, 2.05) is 6.07 Å². The molecule has 0 spiro atoms. The van der Waals surface area contributed by atoms with Crippen molar-refractivity contribution in [1.82, 2.24) is 0 Å². The van der Waals surface area contributed by atoms with Crippen LogP contribution in [0.25, 0.3) is 0 Å². The van der Waals surface area contributed by atoms with E-state index in [1.54, 1.807) is 36.4 Å². The molecular weight excluding hydrogens is 288 g/mol. The van der Waals surface area contributed by atoms with E-state index in [9.17, 15) is 8.42 Å². The first-order valence-corrected chi connectivity index (χ1v) is 8.20. The Morgan fingerprint density at radius 3 is 2.43 bits per heavy atom. The van der Waals surface area contributed by atoms with E-state index in [0.29, 0.717) is 5.75 Å². The first-order chi connectivity index (χ1) is 10.1. The second-order valence-electron chi connectivity index (χ2n) is 4.97. The zero-order valence-corrected chi connectivity index (χ0v) is 12.5. The van der Waals surface area contributed by atoms with Crippen molar-refractivity contribution in [2.45, 2.75) is 24.2 Å². The summed E-state index contributed by atoms with van der Waals surface area (Å²) in [5, 5.41) is 0. The lowest BCUT2D eigenvalue weighted by atomic mass is 10.1. The topological polar surface area (TPSA) is 52.6 Å². The van der Waals surface area contributed by atoms with E-state index in [-0.39, 0.29) is 10.6 Å². The number of benzene rings is 2. The molecule has 0 amide bonds. The maximum Gasteiger partial charge on any atom is 0.339 e. The van der Waals surface area contributed by atoms with Gasteiger partial charge in [-0.3, -0.25) is 0 Å². The van der Waals surface area contributed by atoms with Crippen LogP contribution in [0.3, 0.4) is 0 Å². The average Bonchev–Trinajstić information content (AvgIpc) is 2.95. The largest absolute Gasteiger partial charge is 0.493 e. The highest BCUT2D eigenvalue weighted by Crippen LogP contribution is 2.30. The molecule has 2 aromatic rings. The van der Waals surface area contributed by atoms with Crippen LogP contribution in [0.1, 0.15) is 17.5 Å². The van der Waals surface area contributed by atoms with Gasteiger partial charge in [-0.1, -0.05) is 18.2 Å². The van der Waals surface area contributed by atoms with Crippen molar-refractivity contribution in [2.24, 2.45) is 0 Å². The fraction of sp³-hybridized carbons (Fsp3) is 0.250. The molecule has 0 aromatic heterocycles. The van der Waals surface area contributed by atoms with Crippen LogP contribution in [0.4, 0.5) is 0 Å². The number of ether oxygens (including phenoxy) is 1. The number of para-hydroxylation sites is 2. The van der Waals surface area contributed by atoms with Crippen LogP contribution in [0.2, 0.25) is 0 Å². The summed E-state index contributed by atoms with van der Waals surface area (Å²) in [6.45, 7) is 0. The molecule has 1 aliphatic rings. The van der Waals surface area contributed by atoms with Crippen LogP contribution in [0.5, 0.6) is 11.5 Å². The summed E-state index contributed by atoms with van der Waals surface area (Å²) in [5.41, 5.74) is 2.32. The molecule has 4 nitrogen and oxygen atoms in total. The van der Waals surface area contributed by atoms with Crippen LogP contribution in [0.15, 0.2) is 47.4 Å². The Morgan fingerprint density at radius 2 is 1.67 bits per heavy atom. The third-order valence-corrected chi connectivity index (χ3v) is 4.86. The summed E-state index contributed by atoms with van der Waals surface area (Å²) < 4.78 is 35.1. The van der Waals surface area contributed by atoms with Crippen molar-refractivity contribution in [3.8, 4) is 11.5 Å². The van der Waals surface area contributed by atoms with Crippen molar-refractivity contribution >= 4 is 10.1 Å². The Balaban J connectivity index is 1.94. The summed E-state index contributed by atoms with van der Waals surface area (Å²) in [6.07, 6.45) is 3.02. The highest BCUT2D eigenvalue weighted by molar-refractivity contribution is 7.87. The Morgan fingerprint density at radius 1 is 0.952 bits per heavy atom. The van der Waals surface area contributed by atoms with Gasteiger partial charge in [-0.2, -0.15) is 8.42 Å². The molecule has 0 radical (unpaired) electrons. The van der Waals surface area contributed by atoms with E-state index in [1.165, 1.54) is 12.7 Å². The van der Waals surface area contributed by atoms with Crippen molar-refractivity contribution in [1.29, 1.82) is 0 Å². The minimum atomic E-state index is -3.85. The molecule has 1 aliphatic carbocycles. The summed E-state index contributed by atoms with van der Waals surface area (Å²) in [7, 11) is -2.37. The van der Waals surface area contributed by atoms with Crippen LogP contribution in [-0.2, 0) is 23.0 Å². The van der Waals surface area contributed by atoms with Gasteiger partial charge in [-0.05, 0) is 54.7 Å². The Labute approximate surface area is 124 Å². The highest BCUT2D eigenvalue weighted by Gasteiger charge is 2.21. The third-order valence-electron chi connectivity index (χ3n) is 3.63. The van der Waals surface area contributed by atoms with E-state index in [0.717, 1.165) is 24.8 Å². The molecule has 21 heavy (non-hydrogen) atoms. The Hall–Kier alpha value is -2.01. The van der Waals surface area contributed by atoms with Crippen molar-refractivity contribution in [3.63, 3.8) is 0 Å². The van der Waals surface area contributed by atoms with Gasteiger partial charge in [0.15, 0.2) is 11.5 Å². The molecule has 0 heterocycles. The SMILES string of the molecule is COc1ccccc1OS(=O)(=O)c1ccc2c(c1)CCC2. The van der Waals surface area contributed by atoms with Crippen LogP contribution < -0.4 is 8.92 Å². The molecule has 0 saturated heterocycles. The van der Waals surface area contributed by atoms with Crippen LogP contribution in [-0.4, -0.2) is 15.5 Å². The Kier molecular flexibility index (Phi) is 3.59.